The van der Waals surface area contributed by atoms with E-state index in [1.54, 1.807) is 24.3 Å². The first-order valence-corrected chi connectivity index (χ1v) is 9.19. The van der Waals surface area contributed by atoms with E-state index < -0.39 is 16.1 Å². The van der Waals surface area contributed by atoms with E-state index in [9.17, 15) is 13.2 Å². The van der Waals surface area contributed by atoms with Crippen LogP contribution in [0.15, 0.2) is 59.5 Å². The second-order valence-electron chi connectivity index (χ2n) is 5.90. The Morgan fingerprint density at radius 1 is 1.08 bits per heavy atom. The Morgan fingerprint density at radius 2 is 1.75 bits per heavy atom. The van der Waals surface area contributed by atoms with Gasteiger partial charge in [-0.1, -0.05) is 48.0 Å². The second kappa shape index (κ2) is 6.75. The Morgan fingerprint density at radius 3 is 2.42 bits per heavy atom. The third-order valence-electron chi connectivity index (χ3n) is 4.10. The second-order valence-corrected chi connectivity index (χ2v) is 7.79. The van der Waals surface area contributed by atoms with Crippen LogP contribution in [0.1, 0.15) is 17.5 Å². The number of hydrogen-bond donors (Lipinski definition) is 0. The molecule has 0 N–H and O–H groups in total. The fraction of sp³-hybridized carbons (Fsp3) is 0.278. The van der Waals surface area contributed by atoms with Gasteiger partial charge in [-0.25, -0.2) is 8.42 Å². The van der Waals surface area contributed by atoms with Gasteiger partial charge < -0.3 is 4.74 Å². The molecule has 0 radical (unpaired) electrons. The number of rotatable bonds is 4. The first-order valence-electron chi connectivity index (χ1n) is 7.75. The SMILES string of the molecule is Cc1ccc(S(=O)(=O)N2COC(=O)C[C@H]2Cc2ccccc2)cc1. The molecule has 0 amide bonds. The molecule has 2 aromatic rings. The van der Waals surface area contributed by atoms with Gasteiger partial charge in [-0.15, -0.1) is 0 Å². The highest BCUT2D eigenvalue weighted by atomic mass is 32.2. The van der Waals surface area contributed by atoms with Crippen LogP contribution in [0.5, 0.6) is 0 Å². The van der Waals surface area contributed by atoms with Crippen LogP contribution in [0.3, 0.4) is 0 Å². The standard InChI is InChI=1S/C18H19NO4S/c1-14-7-9-17(10-8-14)24(21,22)19-13-23-18(20)12-16(19)11-15-5-3-2-4-6-15/h2-10,16H,11-13H2,1H3/t16-/m1/s1. The predicted octanol–water partition coefficient (Wildman–Crippen LogP) is 2.50. The molecule has 0 aromatic heterocycles. The van der Waals surface area contributed by atoms with Crippen LogP contribution in [0.25, 0.3) is 0 Å². The van der Waals surface area contributed by atoms with E-state index in [1.807, 2.05) is 37.3 Å². The zero-order chi connectivity index (χ0) is 17.2. The quantitative estimate of drug-likeness (QED) is 0.799. The van der Waals surface area contributed by atoms with E-state index >= 15 is 0 Å². The zero-order valence-electron chi connectivity index (χ0n) is 13.4. The Bertz CT molecular complexity index is 816. The Balaban J connectivity index is 1.90. The Labute approximate surface area is 141 Å². The number of cyclic esters (lactones) is 1. The lowest BCUT2D eigenvalue weighted by molar-refractivity contribution is -0.154. The van der Waals surface area contributed by atoms with Gasteiger partial charge in [-0.05, 0) is 31.0 Å². The average molecular weight is 345 g/mol. The maximum atomic E-state index is 12.9. The summed E-state index contributed by atoms with van der Waals surface area (Å²) in [5.41, 5.74) is 1.97. The van der Waals surface area contributed by atoms with Gasteiger partial charge in [-0.2, -0.15) is 4.31 Å². The summed E-state index contributed by atoms with van der Waals surface area (Å²) in [6.45, 7) is 1.66. The van der Waals surface area contributed by atoms with Crippen molar-refractivity contribution in [3.8, 4) is 0 Å². The zero-order valence-corrected chi connectivity index (χ0v) is 14.2. The summed E-state index contributed by atoms with van der Waals surface area (Å²) in [5.74, 6) is -0.369. The first kappa shape index (κ1) is 16.7. The number of sulfonamides is 1. The highest BCUT2D eigenvalue weighted by molar-refractivity contribution is 7.89. The molecule has 0 spiro atoms. The molecule has 126 valence electrons. The van der Waals surface area contributed by atoms with Gasteiger partial charge >= 0.3 is 5.97 Å². The molecule has 24 heavy (non-hydrogen) atoms. The fourth-order valence-electron chi connectivity index (χ4n) is 2.77. The molecule has 1 aliphatic rings. The number of nitrogens with zero attached hydrogens (tertiary/aromatic N) is 1. The number of carbonyl (C=O) groups excluding carboxylic acids is 1. The number of ether oxygens (including phenoxy) is 1. The summed E-state index contributed by atoms with van der Waals surface area (Å²) in [6.07, 6.45) is 0.529. The highest BCUT2D eigenvalue weighted by Crippen LogP contribution is 2.25. The Kier molecular flexibility index (Phi) is 4.69. The lowest BCUT2D eigenvalue weighted by atomic mass is 10.0. The van der Waals surface area contributed by atoms with Gasteiger partial charge in [0, 0.05) is 6.04 Å². The van der Waals surface area contributed by atoms with Crippen molar-refractivity contribution in [2.75, 3.05) is 6.73 Å². The van der Waals surface area contributed by atoms with Crippen LogP contribution in [-0.4, -0.2) is 31.5 Å². The lowest BCUT2D eigenvalue weighted by Crippen LogP contribution is -2.48. The lowest BCUT2D eigenvalue weighted by Gasteiger charge is -2.33. The number of hydrogen-bond acceptors (Lipinski definition) is 4. The first-order chi connectivity index (χ1) is 11.5. The largest absolute Gasteiger partial charge is 0.448 e. The summed E-state index contributed by atoms with van der Waals surface area (Å²) < 4.78 is 32.2. The van der Waals surface area contributed by atoms with E-state index in [0.29, 0.717) is 6.42 Å². The van der Waals surface area contributed by atoms with E-state index in [1.165, 1.54) is 4.31 Å². The van der Waals surface area contributed by atoms with Gasteiger partial charge in [0.1, 0.15) is 0 Å². The van der Waals surface area contributed by atoms with Gasteiger partial charge in [0.05, 0.1) is 11.3 Å². The predicted molar refractivity (Wildman–Crippen MR) is 89.7 cm³/mol. The molecule has 1 heterocycles. The molecule has 6 heteroatoms. The number of aryl methyl sites for hydroxylation is 1. The summed E-state index contributed by atoms with van der Waals surface area (Å²) in [7, 11) is -3.72. The van der Waals surface area contributed by atoms with E-state index in [0.717, 1.165) is 11.1 Å². The molecule has 1 atom stereocenters. The normalized spacial score (nSPS) is 19.0. The summed E-state index contributed by atoms with van der Waals surface area (Å²) in [5, 5.41) is 0. The average Bonchev–Trinajstić information content (AvgIpc) is 2.56. The number of benzene rings is 2. The topological polar surface area (TPSA) is 63.7 Å². The molecule has 0 aliphatic carbocycles. The van der Waals surface area contributed by atoms with Crippen LogP contribution in [0.4, 0.5) is 0 Å². The molecule has 0 saturated carbocycles. The molecule has 5 nitrogen and oxygen atoms in total. The van der Waals surface area contributed by atoms with Gasteiger partial charge in [0.2, 0.25) is 10.0 Å². The minimum absolute atomic E-state index is 0.0555. The van der Waals surface area contributed by atoms with Crippen molar-refractivity contribution in [3.63, 3.8) is 0 Å². The van der Waals surface area contributed by atoms with Crippen LogP contribution >= 0.6 is 0 Å². The third kappa shape index (κ3) is 3.49. The van der Waals surface area contributed by atoms with Crippen molar-refractivity contribution in [1.82, 2.24) is 4.31 Å². The highest BCUT2D eigenvalue weighted by Gasteiger charge is 2.37. The smallest absolute Gasteiger partial charge is 0.308 e. The van der Waals surface area contributed by atoms with Crippen LogP contribution < -0.4 is 0 Å². The molecular formula is C18H19NO4S. The van der Waals surface area contributed by atoms with Crippen LogP contribution in [0, 0.1) is 6.92 Å². The molecule has 1 aliphatic heterocycles. The number of esters is 1. The molecule has 2 aromatic carbocycles. The summed E-state index contributed by atoms with van der Waals surface area (Å²) >= 11 is 0. The molecule has 0 unspecified atom stereocenters. The molecule has 1 saturated heterocycles. The van der Waals surface area contributed by atoms with Crippen molar-refractivity contribution in [3.05, 3.63) is 65.7 Å². The van der Waals surface area contributed by atoms with Crippen molar-refractivity contribution in [1.29, 1.82) is 0 Å². The van der Waals surface area contributed by atoms with Gasteiger partial charge in [0.15, 0.2) is 6.73 Å². The van der Waals surface area contributed by atoms with Crippen molar-refractivity contribution in [2.45, 2.75) is 30.7 Å². The van der Waals surface area contributed by atoms with E-state index in [4.69, 9.17) is 4.74 Å². The molecule has 0 bridgehead atoms. The van der Waals surface area contributed by atoms with Crippen LogP contribution in [0.2, 0.25) is 0 Å². The maximum Gasteiger partial charge on any atom is 0.308 e. The van der Waals surface area contributed by atoms with E-state index in [-0.39, 0.29) is 24.0 Å². The van der Waals surface area contributed by atoms with Gasteiger partial charge in [0.25, 0.3) is 0 Å². The van der Waals surface area contributed by atoms with Crippen molar-refractivity contribution < 1.29 is 17.9 Å². The van der Waals surface area contributed by atoms with E-state index in [2.05, 4.69) is 0 Å². The van der Waals surface area contributed by atoms with Gasteiger partial charge in [-0.3, -0.25) is 4.79 Å². The summed E-state index contributed by atoms with van der Waals surface area (Å²) in [6, 6.07) is 15.8. The molecular weight excluding hydrogens is 326 g/mol. The summed E-state index contributed by atoms with van der Waals surface area (Å²) in [4.78, 5) is 11.9. The van der Waals surface area contributed by atoms with Crippen molar-refractivity contribution >= 4 is 16.0 Å². The minimum atomic E-state index is -3.72. The monoisotopic (exact) mass is 345 g/mol. The number of carbonyl (C=O) groups is 1. The Hall–Kier alpha value is -2.18. The molecule has 3 rings (SSSR count). The maximum absolute atomic E-state index is 12.9. The van der Waals surface area contributed by atoms with Crippen LogP contribution in [-0.2, 0) is 26.0 Å². The third-order valence-corrected chi connectivity index (χ3v) is 5.99. The fourth-order valence-corrected chi connectivity index (χ4v) is 4.25. The molecule has 1 fully saturated rings. The van der Waals surface area contributed by atoms with Crippen molar-refractivity contribution in [2.24, 2.45) is 0 Å². The minimum Gasteiger partial charge on any atom is -0.448 e.